The molecule has 2 rings (SSSR count). The van der Waals surface area contributed by atoms with E-state index in [1.54, 1.807) is 37.3 Å². The molecule has 0 aliphatic heterocycles. The van der Waals surface area contributed by atoms with Crippen LogP contribution in [0.1, 0.15) is 22.8 Å². The van der Waals surface area contributed by atoms with Gasteiger partial charge in [0.25, 0.3) is 5.91 Å². The van der Waals surface area contributed by atoms with E-state index in [1.807, 2.05) is 19.1 Å². The van der Waals surface area contributed by atoms with Crippen LogP contribution < -0.4 is 10.1 Å². The number of ether oxygens (including phenoxy) is 1. The maximum absolute atomic E-state index is 12.2. The average molecular weight is 271 g/mol. The highest BCUT2D eigenvalue weighted by Gasteiger charge is 2.14. The highest BCUT2D eigenvalue weighted by molar-refractivity contribution is 6.07. The van der Waals surface area contributed by atoms with E-state index in [0.29, 0.717) is 23.6 Å². The topological polar surface area (TPSA) is 58.6 Å². The number of aryl methyl sites for hydroxylation is 1. The second-order valence-electron chi connectivity index (χ2n) is 4.35. The van der Waals surface area contributed by atoms with Crippen LogP contribution in [0.2, 0.25) is 0 Å². The van der Waals surface area contributed by atoms with Crippen molar-refractivity contribution in [2.45, 2.75) is 13.8 Å². The first kappa shape index (κ1) is 13.9. The van der Waals surface area contributed by atoms with Crippen molar-refractivity contribution in [3.8, 4) is 11.5 Å². The van der Waals surface area contributed by atoms with Gasteiger partial charge in [-0.25, -0.2) is 0 Å². The number of nitrogens with one attached hydrogen (secondary N) is 1. The van der Waals surface area contributed by atoms with Crippen LogP contribution in [-0.2, 0) is 0 Å². The number of anilines is 1. The number of rotatable bonds is 4. The maximum atomic E-state index is 12.2. The summed E-state index contributed by atoms with van der Waals surface area (Å²) in [5.41, 5.74) is 1.49. The van der Waals surface area contributed by atoms with Gasteiger partial charge < -0.3 is 15.2 Å². The normalized spacial score (nSPS) is 10.1. The fourth-order valence-corrected chi connectivity index (χ4v) is 1.88. The molecule has 0 fully saturated rings. The number of hydrogen-bond acceptors (Lipinski definition) is 3. The molecule has 0 aliphatic carbocycles. The number of carbonyl (C=O) groups is 1. The first-order valence-corrected chi connectivity index (χ1v) is 6.45. The number of amides is 1. The van der Waals surface area contributed by atoms with Crippen LogP contribution in [-0.4, -0.2) is 17.6 Å². The predicted molar refractivity (Wildman–Crippen MR) is 78.4 cm³/mol. The van der Waals surface area contributed by atoms with Gasteiger partial charge in [-0.2, -0.15) is 0 Å². The summed E-state index contributed by atoms with van der Waals surface area (Å²) in [5.74, 6) is 0.243. The Bertz CT molecular complexity index is 623. The molecule has 0 saturated carbocycles. The van der Waals surface area contributed by atoms with E-state index in [1.165, 1.54) is 0 Å². The Hall–Kier alpha value is -2.49. The lowest BCUT2D eigenvalue weighted by molar-refractivity contribution is 0.102. The van der Waals surface area contributed by atoms with Crippen LogP contribution in [0.25, 0.3) is 0 Å². The molecule has 0 bridgehead atoms. The molecule has 0 aliphatic rings. The lowest BCUT2D eigenvalue weighted by atomic mass is 10.1. The highest BCUT2D eigenvalue weighted by Crippen LogP contribution is 2.26. The van der Waals surface area contributed by atoms with E-state index in [4.69, 9.17) is 4.74 Å². The number of aromatic hydroxyl groups is 1. The molecule has 0 unspecified atom stereocenters. The van der Waals surface area contributed by atoms with Crippen molar-refractivity contribution >= 4 is 11.6 Å². The van der Waals surface area contributed by atoms with Gasteiger partial charge in [-0.15, -0.1) is 0 Å². The van der Waals surface area contributed by atoms with Crippen LogP contribution >= 0.6 is 0 Å². The first-order chi connectivity index (χ1) is 9.63. The summed E-state index contributed by atoms with van der Waals surface area (Å²) in [4.78, 5) is 12.2. The van der Waals surface area contributed by atoms with E-state index in [0.717, 1.165) is 0 Å². The monoisotopic (exact) mass is 271 g/mol. The minimum Gasteiger partial charge on any atom is -0.507 e. The van der Waals surface area contributed by atoms with Crippen molar-refractivity contribution in [3.63, 3.8) is 0 Å². The molecule has 0 heterocycles. The molecule has 0 spiro atoms. The molecule has 0 saturated heterocycles. The standard InChI is InChI=1S/C16H17NO3/c1-3-20-14-10-5-4-9-13(14)17-16(19)12-8-6-7-11(2)15(12)18/h4-10,18H,3H2,1-2H3,(H,17,19). The van der Waals surface area contributed by atoms with Gasteiger partial charge in [-0.3, -0.25) is 4.79 Å². The Labute approximate surface area is 118 Å². The van der Waals surface area contributed by atoms with Crippen molar-refractivity contribution in [1.82, 2.24) is 0 Å². The summed E-state index contributed by atoms with van der Waals surface area (Å²) < 4.78 is 5.45. The highest BCUT2D eigenvalue weighted by atomic mass is 16.5. The molecule has 0 aromatic heterocycles. The largest absolute Gasteiger partial charge is 0.507 e. The lowest BCUT2D eigenvalue weighted by Gasteiger charge is -2.12. The number of phenolic OH excluding ortho intramolecular Hbond substituents is 1. The quantitative estimate of drug-likeness (QED) is 0.896. The zero-order valence-corrected chi connectivity index (χ0v) is 11.5. The second-order valence-corrected chi connectivity index (χ2v) is 4.35. The zero-order chi connectivity index (χ0) is 14.5. The van der Waals surface area contributed by atoms with E-state index in [2.05, 4.69) is 5.32 Å². The van der Waals surface area contributed by atoms with Gasteiger partial charge in [0.1, 0.15) is 11.5 Å². The molecule has 4 heteroatoms. The fraction of sp³-hybridized carbons (Fsp3) is 0.188. The average Bonchev–Trinajstić information content (AvgIpc) is 2.44. The molecule has 2 aromatic carbocycles. The minimum absolute atomic E-state index is 0.00103. The lowest BCUT2D eigenvalue weighted by Crippen LogP contribution is -2.13. The Kier molecular flexibility index (Phi) is 4.25. The summed E-state index contributed by atoms with van der Waals surface area (Å²) in [5, 5.41) is 12.7. The molecule has 20 heavy (non-hydrogen) atoms. The van der Waals surface area contributed by atoms with Crippen molar-refractivity contribution in [1.29, 1.82) is 0 Å². The van der Waals surface area contributed by atoms with Crippen LogP contribution in [0.4, 0.5) is 5.69 Å². The van der Waals surface area contributed by atoms with Crippen molar-refractivity contribution in [3.05, 3.63) is 53.6 Å². The number of hydrogen-bond donors (Lipinski definition) is 2. The summed E-state index contributed by atoms with van der Waals surface area (Å²) in [6, 6.07) is 12.3. The van der Waals surface area contributed by atoms with E-state index in [9.17, 15) is 9.90 Å². The van der Waals surface area contributed by atoms with Crippen LogP contribution in [0.15, 0.2) is 42.5 Å². The summed E-state index contributed by atoms with van der Waals surface area (Å²) in [7, 11) is 0. The number of phenols is 1. The van der Waals surface area contributed by atoms with Gasteiger partial charge in [0.05, 0.1) is 17.9 Å². The third kappa shape index (κ3) is 2.91. The van der Waals surface area contributed by atoms with Crippen molar-refractivity contribution < 1.29 is 14.6 Å². The van der Waals surface area contributed by atoms with E-state index < -0.39 is 0 Å². The van der Waals surface area contributed by atoms with Gasteiger partial charge in [-0.05, 0) is 37.6 Å². The van der Waals surface area contributed by atoms with Gasteiger partial charge in [0.15, 0.2) is 0 Å². The van der Waals surface area contributed by atoms with Gasteiger partial charge in [0, 0.05) is 0 Å². The molecule has 104 valence electrons. The van der Waals surface area contributed by atoms with E-state index >= 15 is 0 Å². The van der Waals surface area contributed by atoms with E-state index in [-0.39, 0.29) is 17.2 Å². The smallest absolute Gasteiger partial charge is 0.259 e. The summed E-state index contributed by atoms with van der Waals surface area (Å²) in [6.45, 7) is 4.15. The molecule has 0 atom stereocenters. The van der Waals surface area contributed by atoms with Gasteiger partial charge in [0.2, 0.25) is 0 Å². The Balaban J connectivity index is 2.26. The number of para-hydroxylation sites is 3. The molecule has 2 aromatic rings. The Morgan fingerprint density at radius 1 is 1.20 bits per heavy atom. The molecular formula is C16H17NO3. The Morgan fingerprint density at radius 3 is 2.70 bits per heavy atom. The predicted octanol–water partition coefficient (Wildman–Crippen LogP) is 3.35. The van der Waals surface area contributed by atoms with Crippen LogP contribution in [0.3, 0.4) is 0 Å². The summed E-state index contributed by atoms with van der Waals surface area (Å²) >= 11 is 0. The van der Waals surface area contributed by atoms with Gasteiger partial charge in [-0.1, -0.05) is 24.3 Å². The molecule has 2 N–H and O–H groups in total. The van der Waals surface area contributed by atoms with Gasteiger partial charge >= 0.3 is 0 Å². The molecule has 0 radical (unpaired) electrons. The van der Waals surface area contributed by atoms with Crippen LogP contribution in [0, 0.1) is 6.92 Å². The SMILES string of the molecule is CCOc1ccccc1NC(=O)c1cccc(C)c1O. The third-order valence-electron chi connectivity index (χ3n) is 2.92. The molecular weight excluding hydrogens is 254 g/mol. The Morgan fingerprint density at radius 2 is 1.95 bits per heavy atom. The first-order valence-electron chi connectivity index (χ1n) is 6.45. The maximum Gasteiger partial charge on any atom is 0.259 e. The van der Waals surface area contributed by atoms with Crippen molar-refractivity contribution in [2.24, 2.45) is 0 Å². The zero-order valence-electron chi connectivity index (χ0n) is 11.5. The number of benzene rings is 2. The minimum atomic E-state index is -0.363. The molecule has 1 amide bonds. The number of carbonyl (C=O) groups excluding carboxylic acids is 1. The van der Waals surface area contributed by atoms with Crippen LogP contribution in [0.5, 0.6) is 11.5 Å². The third-order valence-corrected chi connectivity index (χ3v) is 2.92. The molecule has 4 nitrogen and oxygen atoms in total. The second kappa shape index (κ2) is 6.10. The fourth-order valence-electron chi connectivity index (χ4n) is 1.88. The summed E-state index contributed by atoms with van der Waals surface area (Å²) in [6.07, 6.45) is 0. The van der Waals surface area contributed by atoms with Crippen molar-refractivity contribution in [2.75, 3.05) is 11.9 Å².